The van der Waals surface area contributed by atoms with E-state index >= 15 is 0 Å². The molecule has 1 aromatic rings. The molecule has 1 aliphatic carbocycles. The van der Waals surface area contributed by atoms with Gasteiger partial charge in [0.15, 0.2) is 0 Å². The summed E-state index contributed by atoms with van der Waals surface area (Å²) in [5, 5.41) is 0. The molecule has 1 fully saturated rings. The molecule has 0 bridgehead atoms. The quantitative estimate of drug-likeness (QED) is 0.626. The molecule has 0 amide bonds. The van der Waals surface area contributed by atoms with Crippen molar-refractivity contribution in [3.63, 3.8) is 0 Å². The van der Waals surface area contributed by atoms with Crippen LogP contribution in [0.5, 0.6) is 0 Å². The van der Waals surface area contributed by atoms with Gasteiger partial charge < -0.3 is 4.74 Å². The van der Waals surface area contributed by atoms with Crippen molar-refractivity contribution in [1.82, 2.24) is 0 Å². The smallest absolute Gasteiger partial charge is 0.399 e. The first-order valence-electron chi connectivity index (χ1n) is 5.82. The van der Waals surface area contributed by atoms with E-state index in [1.807, 2.05) is 0 Å². The van der Waals surface area contributed by atoms with Crippen LogP contribution in [0.2, 0.25) is 0 Å². The van der Waals surface area contributed by atoms with E-state index in [1.165, 1.54) is 6.92 Å². The molecule has 1 aromatic carbocycles. The van der Waals surface area contributed by atoms with Gasteiger partial charge in [-0.1, -0.05) is 12.1 Å². The second-order valence-electron chi connectivity index (χ2n) is 4.48. The van der Waals surface area contributed by atoms with Crippen LogP contribution in [-0.2, 0) is 14.9 Å². The SMILES string of the molecule is CCOC(=O)[C@@H]1C[C@@]1(c1ccc(F)cc1)C(F)(F)F. The number of carbonyl (C=O) groups is 1. The molecule has 6 heteroatoms. The number of halogens is 4. The van der Waals surface area contributed by atoms with Gasteiger partial charge in [0.2, 0.25) is 0 Å². The zero-order valence-corrected chi connectivity index (χ0v) is 10.1. The Bertz CT molecular complexity index is 480. The highest BCUT2D eigenvalue weighted by Gasteiger charge is 2.74. The average molecular weight is 276 g/mol. The number of hydrogen-bond donors (Lipinski definition) is 0. The van der Waals surface area contributed by atoms with Crippen LogP contribution in [-0.4, -0.2) is 18.8 Å². The Morgan fingerprint density at radius 1 is 1.37 bits per heavy atom. The molecule has 0 heterocycles. The Labute approximate surface area is 107 Å². The summed E-state index contributed by atoms with van der Waals surface area (Å²) in [4.78, 5) is 11.5. The standard InChI is InChI=1S/C13H12F4O2/c1-2-19-11(18)10-7-12(10,13(15,16)17)8-3-5-9(14)6-4-8/h3-6,10H,2,7H2,1H3/t10-,12-/m0/s1. The minimum absolute atomic E-state index is 0.0344. The van der Waals surface area contributed by atoms with Gasteiger partial charge in [0.05, 0.1) is 12.5 Å². The fourth-order valence-corrected chi connectivity index (χ4v) is 2.33. The maximum absolute atomic E-state index is 13.2. The highest BCUT2D eigenvalue weighted by atomic mass is 19.4. The lowest BCUT2D eigenvalue weighted by Crippen LogP contribution is -2.33. The number of benzene rings is 1. The molecule has 1 aliphatic rings. The van der Waals surface area contributed by atoms with Gasteiger partial charge in [-0.25, -0.2) is 4.39 Å². The molecular weight excluding hydrogens is 264 g/mol. The van der Waals surface area contributed by atoms with Crippen molar-refractivity contribution in [2.45, 2.75) is 24.9 Å². The predicted molar refractivity (Wildman–Crippen MR) is 58.9 cm³/mol. The summed E-state index contributed by atoms with van der Waals surface area (Å²) in [6, 6.07) is 4.07. The minimum atomic E-state index is -4.57. The third-order valence-corrected chi connectivity index (χ3v) is 3.40. The maximum atomic E-state index is 13.2. The van der Waals surface area contributed by atoms with Crippen LogP contribution >= 0.6 is 0 Å². The normalized spacial score (nSPS) is 26.1. The fourth-order valence-electron chi connectivity index (χ4n) is 2.33. The summed E-state index contributed by atoms with van der Waals surface area (Å²) in [5.41, 5.74) is -2.33. The van der Waals surface area contributed by atoms with Gasteiger partial charge in [0, 0.05) is 0 Å². The summed E-state index contributed by atoms with van der Waals surface area (Å²) in [6.07, 6.45) is -4.91. The lowest BCUT2D eigenvalue weighted by atomic mass is 9.92. The summed E-state index contributed by atoms with van der Waals surface area (Å²) < 4.78 is 57.1. The zero-order valence-electron chi connectivity index (χ0n) is 10.1. The van der Waals surface area contributed by atoms with E-state index in [-0.39, 0.29) is 18.6 Å². The Morgan fingerprint density at radius 3 is 2.42 bits per heavy atom. The molecule has 1 saturated carbocycles. The maximum Gasteiger partial charge on any atom is 0.399 e. The largest absolute Gasteiger partial charge is 0.466 e. The van der Waals surface area contributed by atoms with E-state index in [9.17, 15) is 22.4 Å². The van der Waals surface area contributed by atoms with Crippen LogP contribution in [0.3, 0.4) is 0 Å². The number of carbonyl (C=O) groups excluding carboxylic acids is 1. The number of alkyl halides is 3. The highest BCUT2D eigenvalue weighted by molar-refractivity contribution is 5.79. The molecule has 2 atom stereocenters. The molecule has 2 nitrogen and oxygen atoms in total. The van der Waals surface area contributed by atoms with Crippen LogP contribution in [0.1, 0.15) is 18.9 Å². The van der Waals surface area contributed by atoms with Crippen molar-refractivity contribution in [2.75, 3.05) is 6.61 Å². The number of esters is 1. The molecule has 104 valence electrons. The van der Waals surface area contributed by atoms with Crippen molar-refractivity contribution >= 4 is 5.97 Å². The van der Waals surface area contributed by atoms with Gasteiger partial charge >= 0.3 is 12.1 Å². The number of ether oxygens (including phenoxy) is 1. The molecule has 2 rings (SSSR count). The van der Waals surface area contributed by atoms with Crippen molar-refractivity contribution in [3.05, 3.63) is 35.6 Å². The van der Waals surface area contributed by atoms with Crippen LogP contribution in [0.25, 0.3) is 0 Å². The first-order valence-corrected chi connectivity index (χ1v) is 5.82. The summed E-state index contributed by atoms with van der Waals surface area (Å²) in [6.45, 7) is 1.57. The van der Waals surface area contributed by atoms with E-state index in [2.05, 4.69) is 4.74 Å². The van der Waals surface area contributed by atoms with E-state index in [4.69, 9.17) is 0 Å². The molecule has 0 N–H and O–H groups in total. The van der Waals surface area contributed by atoms with Crippen LogP contribution < -0.4 is 0 Å². The van der Waals surface area contributed by atoms with E-state index < -0.39 is 29.3 Å². The molecule has 0 aliphatic heterocycles. The molecule has 0 unspecified atom stereocenters. The van der Waals surface area contributed by atoms with Crippen LogP contribution in [0, 0.1) is 11.7 Å². The van der Waals surface area contributed by atoms with E-state index in [1.54, 1.807) is 0 Å². The monoisotopic (exact) mass is 276 g/mol. The third-order valence-electron chi connectivity index (χ3n) is 3.40. The highest BCUT2D eigenvalue weighted by Crippen LogP contribution is 2.63. The number of hydrogen-bond acceptors (Lipinski definition) is 2. The lowest BCUT2D eigenvalue weighted by molar-refractivity contribution is -0.172. The molecular formula is C13H12F4O2. The molecule has 0 saturated heterocycles. The van der Waals surface area contributed by atoms with Crippen molar-refractivity contribution in [3.8, 4) is 0 Å². The Balaban J connectivity index is 2.35. The lowest BCUT2D eigenvalue weighted by Gasteiger charge is -2.21. The first kappa shape index (κ1) is 13.8. The van der Waals surface area contributed by atoms with Gasteiger partial charge in [0.1, 0.15) is 11.2 Å². The van der Waals surface area contributed by atoms with Crippen molar-refractivity contribution in [1.29, 1.82) is 0 Å². The molecule has 0 radical (unpaired) electrons. The minimum Gasteiger partial charge on any atom is -0.466 e. The Hall–Kier alpha value is -1.59. The van der Waals surface area contributed by atoms with Crippen LogP contribution in [0.15, 0.2) is 24.3 Å². The third kappa shape index (κ3) is 2.19. The Kier molecular flexibility index (Phi) is 3.28. The van der Waals surface area contributed by atoms with Crippen molar-refractivity contribution < 1.29 is 27.1 Å². The van der Waals surface area contributed by atoms with Gasteiger partial charge in [0.25, 0.3) is 0 Å². The molecule has 0 aromatic heterocycles. The summed E-state index contributed by atoms with van der Waals surface area (Å²) in [7, 11) is 0. The second-order valence-corrected chi connectivity index (χ2v) is 4.48. The van der Waals surface area contributed by atoms with Gasteiger partial charge in [-0.05, 0) is 31.0 Å². The van der Waals surface area contributed by atoms with E-state index in [0.29, 0.717) is 0 Å². The van der Waals surface area contributed by atoms with Gasteiger partial charge in [-0.2, -0.15) is 13.2 Å². The summed E-state index contributed by atoms with van der Waals surface area (Å²) in [5.74, 6) is -2.71. The summed E-state index contributed by atoms with van der Waals surface area (Å²) >= 11 is 0. The molecule has 0 spiro atoms. The predicted octanol–water partition coefficient (Wildman–Crippen LogP) is 3.21. The number of rotatable bonds is 3. The Morgan fingerprint density at radius 2 is 1.95 bits per heavy atom. The van der Waals surface area contributed by atoms with E-state index in [0.717, 1.165) is 24.3 Å². The molecule has 19 heavy (non-hydrogen) atoms. The van der Waals surface area contributed by atoms with Crippen LogP contribution in [0.4, 0.5) is 17.6 Å². The fraction of sp³-hybridized carbons (Fsp3) is 0.462. The topological polar surface area (TPSA) is 26.3 Å². The van der Waals surface area contributed by atoms with Crippen molar-refractivity contribution in [2.24, 2.45) is 5.92 Å². The average Bonchev–Trinajstić information content (AvgIpc) is 3.06. The van der Waals surface area contributed by atoms with Gasteiger partial charge in [-0.3, -0.25) is 4.79 Å². The van der Waals surface area contributed by atoms with Gasteiger partial charge in [-0.15, -0.1) is 0 Å². The first-order chi connectivity index (χ1) is 8.83. The zero-order chi connectivity index (χ0) is 14.3. The second kappa shape index (κ2) is 4.51.